The summed E-state index contributed by atoms with van der Waals surface area (Å²) < 4.78 is 28.2. The molecule has 0 saturated heterocycles. The highest BCUT2D eigenvalue weighted by Gasteiger charge is 2.56. The molecule has 150 valence electrons. The zero-order chi connectivity index (χ0) is 20.2. The van der Waals surface area contributed by atoms with Crippen molar-refractivity contribution in [2.24, 2.45) is 34.5 Å². The zero-order valence-corrected chi connectivity index (χ0v) is 17.6. The molecule has 0 amide bonds. The highest BCUT2D eigenvalue weighted by atomic mass is 32.2. The van der Waals surface area contributed by atoms with Gasteiger partial charge < -0.3 is 0 Å². The van der Waals surface area contributed by atoms with E-state index in [9.17, 15) is 18.0 Å². The smallest absolute Gasteiger partial charge is 0.264 e. The first-order valence-corrected chi connectivity index (χ1v) is 11.5. The van der Waals surface area contributed by atoms with Crippen LogP contribution in [0.4, 0.5) is 0 Å². The van der Waals surface area contributed by atoms with Crippen molar-refractivity contribution in [3.05, 3.63) is 23.8 Å². The van der Waals surface area contributed by atoms with Gasteiger partial charge in [0.05, 0.1) is 12.9 Å². The molecule has 0 aliphatic heterocycles. The van der Waals surface area contributed by atoms with Gasteiger partial charge in [0.15, 0.2) is 5.78 Å². The van der Waals surface area contributed by atoms with E-state index in [1.54, 1.807) is 19.1 Å². The van der Waals surface area contributed by atoms with Gasteiger partial charge in [-0.25, -0.2) is 0 Å². The fourth-order valence-electron chi connectivity index (χ4n) is 5.75. The highest BCUT2D eigenvalue weighted by Crippen LogP contribution is 2.61. The highest BCUT2D eigenvalue weighted by molar-refractivity contribution is 7.85. The second kappa shape index (κ2) is 6.66. The van der Waals surface area contributed by atoms with Crippen molar-refractivity contribution in [1.82, 2.24) is 0 Å². The molecule has 0 aromatic carbocycles. The summed E-state index contributed by atoms with van der Waals surface area (Å²) >= 11 is 0. The predicted molar refractivity (Wildman–Crippen MR) is 103 cm³/mol. The van der Waals surface area contributed by atoms with Gasteiger partial charge in [0.1, 0.15) is 5.78 Å². The van der Waals surface area contributed by atoms with Crippen LogP contribution in [0.3, 0.4) is 0 Å². The fraction of sp³-hybridized carbons (Fsp3) is 0.714. The van der Waals surface area contributed by atoms with E-state index in [2.05, 4.69) is 20.8 Å². The van der Waals surface area contributed by atoms with Crippen molar-refractivity contribution in [2.45, 2.75) is 47.0 Å². The van der Waals surface area contributed by atoms with Crippen LogP contribution in [0.1, 0.15) is 47.0 Å². The molecule has 0 spiro atoms. The van der Waals surface area contributed by atoms with Crippen LogP contribution in [0.25, 0.3) is 0 Å². The van der Waals surface area contributed by atoms with Gasteiger partial charge in [-0.05, 0) is 56.1 Å². The number of hydrogen-bond acceptors (Lipinski definition) is 5. The summed E-state index contributed by atoms with van der Waals surface area (Å²) in [6, 6.07) is 0. The van der Waals surface area contributed by atoms with Gasteiger partial charge in [0.25, 0.3) is 10.1 Å². The molecule has 27 heavy (non-hydrogen) atoms. The maximum Gasteiger partial charge on any atom is 0.264 e. The second-order valence-corrected chi connectivity index (χ2v) is 10.8. The monoisotopic (exact) mass is 394 g/mol. The number of rotatable bonds is 4. The molecule has 0 aromatic rings. The molecule has 2 fully saturated rings. The number of ketones is 2. The Kier molecular flexibility index (Phi) is 5.05. The minimum atomic E-state index is -3.56. The van der Waals surface area contributed by atoms with Crippen LogP contribution in [0.2, 0.25) is 0 Å². The molecule has 3 aliphatic carbocycles. The molecule has 5 nitrogen and oxygen atoms in total. The molecule has 6 heteroatoms. The molecule has 0 aromatic heterocycles. The summed E-state index contributed by atoms with van der Waals surface area (Å²) in [7, 11) is -3.56. The molecule has 0 N–H and O–H groups in total. The Balaban J connectivity index is 2.00. The van der Waals surface area contributed by atoms with Crippen molar-refractivity contribution < 1.29 is 22.2 Å². The third-order valence-corrected chi connectivity index (χ3v) is 8.27. The van der Waals surface area contributed by atoms with Crippen molar-refractivity contribution in [1.29, 1.82) is 0 Å². The average molecular weight is 395 g/mol. The molecule has 2 saturated carbocycles. The lowest BCUT2D eigenvalue weighted by Crippen LogP contribution is -2.53. The Hall–Kier alpha value is -1.27. The summed E-state index contributed by atoms with van der Waals surface area (Å²) in [5.41, 5.74) is 0.336. The summed E-state index contributed by atoms with van der Waals surface area (Å²) in [4.78, 5) is 24.4. The Morgan fingerprint density at radius 3 is 2.59 bits per heavy atom. The van der Waals surface area contributed by atoms with Crippen LogP contribution in [0.15, 0.2) is 23.8 Å². The Bertz CT molecular complexity index is 824. The number of allylic oxidation sites excluding steroid dienone is 3. The Morgan fingerprint density at radius 1 is 1.33 bits per heavy atom. The van der Waals surface area contributed by atoms with Gasteiger partial charge in [0, 0.05) is 16.7 Å². The number of hydrogen-bond donors (Lipinski definition) is 0. The van der Waals surface area contributed by atoms with Crippen LogP contribution in [0, 0.1) is 34.5 Å². The lowest BCUT2D eigenvalue weighted by molar-refractivity contribution is -0.136. The summed E-state index contributed by atoms with van der Waals surface area (Å²) in [6.45, 7) is 8.09. The van der Waals surface area contributed by atoms with E-state index in [0.29, 0.717) is 5.92 Å². The third kappa shape index (κ3) is 3.46. The van der Waals surface area contributed by atoms with Gasteiger partial charge in [-0.2, -0.15) is 8.42 Å². The average Bonchev–Trinajstić information content (AvgIpc) is 2.56. The number of Topliss-reactive ketones (excluding diaryl/α,β-unsaturated/α-hetero) is 1. The minimum Gasteiger partial charge on any atom is -0.299 e. The van der Waals surface area contributed by atoms with E-state index in [4.69, 9.17) is 4.18 Å². The topological polar surface area (TPSA) is 77.5 Å². The van der Waals surface area contributed by atoms with Gasteiger partial charge in [-0.3, -0.25) is 13.8 Å². The zero-order valence-electron chi connectivity index (χ0n) is 16.8. The normalized spacial score (nSPS) is 41.5. The first-order valence-electron chi connectivity index (χ1n) is 9.69. The molecule has 6 atom stereocenters. The van der Waals surface area contributed by atoms with Gasteiger partial charge in [-0.1, -0.05) is 32.4 Å². The summed E-state index contributed by atoms with van der Waals surface area (Å²) in [6.07, 6.45) is 8.87. The van der Waals surface area contributed by atoms with Crippen LogP contribution in [-0.2, 0) is 23.9 Å². The SMILES string of the molecule is CC(=O)C1(C)CCC2C(CC(COS(C)(=O)=O)C3=CC(=O)C=CC32C)C1C. The van der Waals surface area contributed by atoms with Gasteiger partial charge in [-0.15, -0.1) is 0 Å². The molecular weight excluding hydrogens is 364 g/mol. The quantitative estimate of drug-likeness (QED) is 0.684. The summed E-state index contributed by atoms with van der Waals surface area (Å²) in [5, 5.41) is 0. The van der Waals surface area contributed by atoms with Gasteiger partial charge >= 0.3 is 0 Å². The van der Waals surface area contributed by atoms with E-state index in [0.717, 1.165) is 31.1 Å². The molecular formula is C21H30O5S. The standard InChI is InChI=1S/C21H30O5S/c1-13-17-10-15(12-26-27(5,24)25)19-11-16(23)6-8-21(19,4)18(17)7-9-20(13,3)14(2)22/h6,8,11,13,15,17-18H,7,9-10,12H2,1-5H3. The second-order valence-electron chi connectivity index (χ2n) is 9.11. The lowest BCUT2D eigenvalue weighted by atomic mass is 9.46. The molecule has 6 unspecified atom stereocenters. The van der Waals surface area contributed by atoms with Crippen molar-refractivity contribution in [3.8, 4) is 0 Å². The largest absolute Gasteiger partial charge is 0.299 e. The maximum absolute atomic E-state index is 12.4. The van der Waals surface area contributed by atoms with Gasteiger partial charge in [0.2, 0.25) is 0 Å². The van der Waals surface area contributed by atoms with E-state index in [-0.39, 0.29) is 46.8 Å². The molecule has 0 heterocycles. The van der Waals surface area contributed by atoms with Crippen molar-refractivity contribution in [3.63, 3.8) is 0 Å². The van der Waals surface area contributed by atoms with Crippen LogP contribution in [-0.4, -0.2) is 32.8 Å². The first kappa shape index (κ1) is 20.5. The maximum atomic E-state index is 12.4. The predicted octanol–water partition coefficient (Wildman–Crippen LogP) is 3.31. The number of fused-ring (bicyclic) bond motifs is 3. The molecule has 0 bridgehead atoms. The van der Waals surface area contributed by atoms with Crippen LogP contribution in [0.5, 0.6) is 0 Å². The summed E-state index contributed by atoms with van der Waals surface area (Å²) in [5.74, 6) is 0.835. The fourth-order valence-corrected chi connectivity index (χ4v) is 6.16. The van der Waals surface area contributed by atoms with Crippen LogP contribution >= 0.6 is 0 Å². The molecule has 3 aliphatic rings. The lowest BCUT2D eigenvalue weighted by Gasteiger charge is -2.58. The van der Waals surface area contributed by atoms with E-state index in [1.165, 1.54) is 0 Å². The molecule has 3 rings (SSSR count). The Morgan fingerprint density at radius 2 is 2.00 bits per heavy atom. The molecule has 0 radical (unpaired) electrons. The number of carbonyl (C=O) groups is 2. The van der Waals surface area contributed by atoms with Crippen molar-refractivity contribution >= 4 is 21.7 Å². The van der Waals surface area contributed by atoms with E-state index >= 15 is 0 Å². The minimum absolute atomic E-state index is 0.0497. The van der Waals surface area contributed by atoms with Crippen molar-refractivity contribution in [2.75, 3.05) is 12.9 Å². The van der Waals surface area contributed by atoms with E-state index < -0.39 is 10.1 Å². The van der Waals surface area contributed by atoms with E-state index in [1.807, 2.05) is 6.08 Å². The van der Waals surface area contributed by atoms with Crippen LogP contribution < -0.4 is 0 Å². The Labute approximate surface area is 162 Å². The number of carbonyl (C=O) groups excluding carboxylic acids is 2. The first-order chi connectivity index (χ1) is 12.4. The third-order valence-electron chi connectivity index (χ3n) is 7.71.